The molecular formula is C27H55NO3SSi. The van der Waals surface area contributed by atoms with E-state index in [-0.39, 0.29) is 0 Å². The molecule has 1 N–H and O–H groups in total. The summed E-state index contributed by atoms with van der Waals surface area (Å²) in [6.45, 7) is 6.82. The molecule has 1 heterocycles. The van der Waals surface area contributed by atoms with E-state index < -0.39 is 8.96 Å². The van der Waals surface area contributed by atoms with E-state index in [0.29, 0.717) is 18.0 Å². The van der Waals surface area contributed by atoms with Crippen molar-refractivity contribution in [3.8, 4) is 0 Å². The van der Waals surface area contributed by atoms with Gasteiger partial charge < -0.3 is 14.5 Å². The third-order valence-corrected chi connectivity index (χ3v) is 10.8. The summed E-state index contributed by atoms with van der Waals surface area (Å²) in [7, 11) is -0.837. The molecule has 2 unspecified atom stereocenters. The zero-order valence-electron chi connectivity index (χ0n) is 22.1. The fraction of sp³-hybridized carbons (Fsp3) is 0.963. The highest BCUT2D eigenvalue weighted by Crippen LogP contribution is 2.18. The Bertz CT molecular complexity index is 432. The predicted molar refractivity (Wildman–Crippen MR) is 148 cm³/mol. The van der Waals surface area contributed by atoms with E-state index in [4.69, 9.17) is 9.47 Å². The lowest BCUT2D eigenvalue weighted by Crippen LogP contribution is -2.38. The van der Waals surface area contributed by atoms with Gasteiger partial charge in [0, 0.05) is 18.8 Å². The van der Waals surface area contributed by atoms with Crippen molar-refractivity contribution in [1.29, 1.82) is 0 Å². The minimum atomic E-state index is -0.837. The minimum Gasteiger partial charge on any atom is -0.355 e. The topological polar surface area (TPSA) is 47.6 Å². The molecule has 6 heteroatoms. The number of nitrogens with one attached hydrogen (secondary N) is 1. The number of hydrogen-bond donors (Lipinski definition) is 1. The molecule has 0 spiro atoms. The van der Waals surface area contributed by atoms with E-state index in [2.05, 4.69) is 18.8 Å². The first-order valence-corrected chi connectivity index (χ1v) is 17.5. The van der Waals surface area contributed by atoms with Gasteiger partial charge in [-0.3, -0.25) is 4.79 Å². The number of ether oxygens (including phenoxy) is 2. The summed E-state index contributed by atoms with van der Waals surface area (Å²) >= 11 is 1.56. The lowest BCUT2D eigenvalue weighted by atomic mass is 10.1. The van der Waals surface area contributed by atoms with Crippen molar-refractivity contribution >= 4 is 25.8 Å². The zero-order valence-corrected chi connectivity index (χ0v) is 24.0. The van der Waals surface area contributed by atoms with E-state index in [0.717, 1.165) is 44.6 Å². The molecule has 0 saturated carbocycles. The molecule has 1 aliphatic rings. The Kier molecular flexibility index (Phi) is 22.5. The summed E-state index contributed by atoms with van der Waals surface area (Å²) in [5.74, 6) is 1.01. The van der Waals surface area contributed by atoms with Gasteiger partial charge >= 0.3 is 0 Å². The van der Waals surface area contributed by atoms with Gasteiger partial charge in [-0.15, -0.1) is 0 Å². The maximum Gasteiger partial charge on any atom is 0.188 e. The van der Waals surface area contributed by atoms with Gasteiger partial charge in [-0.25, -0.2) is 0 Å². The summed E-state index contributed by atoms with van der Waals surface area (Å²) in [6.07, 6.45) is 21.6. The first-order chi connectivity index (χ1) is 16.3. The van der Waals surface area contributed by atoms with E-state index >= 15 is 0 Å². The average molecular weight is 502 g/mol. The van der Waals surface area contributed by atoms with Crippen molar-refractivity contribution in [2.75, 3.05) is 25.7 Å². The molecule has 0 aromatic heterocycles. The van der Waals surface area contributed by atoms with Gasteiger partial charge in [-0.1, -0.05) is 96.2 Å². The van der Waals surface area contributed by atoms with Crippen molar-refractivity contribution < 1.29 is 14.3 Å². The molecule has 0 radical (unpaired) electrons. The van der Waals surface area contributed by atoms with Crippen LogP contribution in [0.3, 0.4) is 0 Å². The second-order valence-corrected chi connectivity index (χ2v) is 13.9. The third-order valence-electron chi connectivity index (χ3n) is 6.70. The van der Waals surface area contributed by atoms with Crippen molar-refractivity contribution in [2.24, 2.45) is 0 Å². The Morgan fingerprint density at radius 3 is 2.33 bits per heavy atom. The maximum atomic E-state index is 11.8. The summed E-state index contributed by atoms with van der Waals surface area (Å²) in [5.41, 5.74) is 0. The lowest BCUT2D eigenvalue weighted by Gasteiger charge is -2.25. The first-order valence-electron chi connectivity index (χ1n) is 14.3. The van der Waals surface area contributed by atoms with Crippen LogP contribution in [0.15, 0.2) is 0 Å². The van der Waals surface area contributed by atoms with Gasteiger partial charge in [0.25, 0.3) is 0 Å². The highest BCUT2D eigenvalue weighted by molar-refractivity contribution is 8.13. The quantitative estimate of drug-likeness (QED) is 0.0996. The Morgan fingerprint density at radius 1 is 0.909 bits per heavy atom. The van der Waals surface area contributed by atoms with Gasteiger partial charge in [-0.2, -0.15) is 0 Å². The molecule has 0 amide bonds. The molecule has 0 aliphatic carbocycles. The van der Waals surface area contributed by atoms with Crippen LogP contribution in [0, 0.1) is 0 Å². The number of hydrogen-bond acceptors (Lipinski definition) is 5. The fourth-order valence-electron chi connectivity index (χ4n) is 4.50. The monoisotopic (exact) mass is 501 g/mol. The van der Waals surface area contributed by atoms with Crippen molar-refractivity contribution in [1.82, 2.24) is 4.98 Å². The van der Waals surface area contributed by atoms with Crippen LogP contribution in [0.25, 0.3) is 0 Å². The van der Waals surface area contributed by atoms with E-state index in [1.165, 1.54) is 95.6 Å². The van der Waals surface area contributed by atoms with Crippen molar-refractivity contribution in [3.05, 3.63) is 0 Å². The van der Waals surface area contributed by atoms with Crippen molar-refractivity contribution in [3.63, 3.8) is 0 Å². The van der Waals surface area contributed by atoms with E-state index in [1.807, 2.05) is 0 Å². The van der Waals surface area contributed by atoms with Gasteiger partial charge in [0.05, 0.1) is 6.10 Å². The molecule has 0 aromatic rings. The molecular weight excluding hydrogens is 446 g/mol. The van der Waals surface area contributed by atoms with E-state index in [9.17, 15) is 4.79 Å². The zero-order chi connectivity index (χ0) is 23.8. The van der Waals surface area contributed by atoms with Gasteiger partial charge in [-0.05, 0) is 50.7 Å². The molecule has 2 atom stereocenters. The molecule has 33 heavy (non-hydrogen) atoms. The highest BCUT2D eigenvalue weighted by Gasteiger charge is 2.18. The number of carbonyl (C=O) groups is 1. The number of thioether (sulfide) groups is 1. The van der Waals surface area contributed by atoms with Crippen molar-refractivity contribution in [2.45, 2.75) is 141 Å². The molecule has 196 valence electrons. The molecule has 4 nitrogen and oxygen atoms in total. The van der Waals surface area contributed by atoms with Crippen LogP contribution in [-0.4, -0.2) is 45.9 Å². The highest BCUT2D eigenvalue weighted by atomic mass is 32.2. The number of carbonyl (C=O) groups excluding carboxylic acids is 1. The van der Waals surface area contributed by atoms with E-state index in [1.54, 1.807) is 11.8 Å². The Hall–Kier alpha value is 0.117. The maximum absolute atomic E-state index is 11.8. The second-order valence-electron chi connectivity index (χ2n) is 9.83. The van der Waals surface area contributed by atoms with Crippen LogP contribution in [0.5, 0.6) is 0 Å². The summed E-state index contributed by atoms with van der Waals surface area (Å²) in [4.78, 5) is 15.6. The summed E-state index contributed by atoms with van der Waals surface area (Å²) in [6, 6.07) is 2.68. The Labute approximate surface area is 211 Å². The Morgan fingerprint density at radius 2 is 1.61 bits per heavy atom. The smallest absolute Gasteiger partial charge is 0.188 e. The molecule has 1 fully saturated rings. The summed E-state index contributed by atoms with van der Waals surface area (Å²) in [5, 5.41) is 0.388. The summed E-state index contributed by atoms with van der Waals surface area (Å²) < 4.78 is 11.8. The minimum absolute atomic E-state index is 0.354. The van der Waals surface area contributed by atoms with Gasteiger partial charge in [0.2, 0.25) is 0 Å². The van der Waals surface area contributed by atoms with Crippen LogP contribution in [0.2, 0.25) is 12.1 Å². The Balaban J connectivity index is 1.90. The van der Waals surface area contributed by atoms with Crippen LogP contribution in [-0.2, 0) is 14.3 Å². The standard InChI is InChI=1S/C27H55NO3SSi/c1-3-5-7-8-9-10-11-12-13-14-21-30-25-31-26-17-15-23-33(28-20-19-26)24-16-22-32-27(29)18-6-4-2/h26,28,33H,3-25H2,1-2H3. The molecule has 0 aromatic carbocycles. The van der Waals surface area contributed by atoms with Crippen LogP contribution in [0.4, 0.5) is 0 Å². The molecule has 0 bridgehead atoms. The third kappa shape index (κ3) is 20.1. The SMILES string of the molecule is CCCCCCCCCCCCOCOC1CCC[SiH](CCCSC(=O)CCCC)NCC1. The van der Waals surface area contributed by atoms with Gasteiger partial charge in [0.15, 0.2) is 5.12 Å². The number of rotatable bonds is 21. The van der Waals surface area contributed by atoms with Crippen LogP contribution < -0.4 is 4.98 Å². The average Bonchev–Trinajstić information content (AvgIpc) is 2.80. The second kappa shape index (κ2) is 23.8. The fourth-order valence-corrected chi connectivity index (χ4v) is 8.32. The molecule has 1 aliphatic heterocycles. The lowest BCUT2D eigenvalue weighted by molar-refractivity contribution is -0.111. The first kappa shape index (κ1) is 31.1. The normalized spacial score (nSPS) is 19.3. The van der Waals surface area contributed by atoms with Gasteiger partial charge in [0.1, 0.15) is 15.8 Å². The largest absolute Gasteiger partial charge is 0.355 e. The van der Waals surface area contributed by atoms with Crippen LogP contribution >= 0.6 is 11.8 Å². The molecule has 1 rings (SSSR count). The predicted octanol–water partition coefficient (Wildman–Crippen LogP) is 7.60. The molecule has 1 saturated heterocycles. The van der Waals surface area contributed by atoms with Crippen LogP contribution in [0.1, 0.15) is 123 Å². The number of unbranched alkanes of at least 4 members (excludes halogenated alkanes) is 10.